The Labute approximate surface area is 68.3 Å². The topological polar surface area (TPSA) is 0 Å². The molecule has 1 fully saturated rings. The molecule has 1 saturated carbocycles. The predicted molar refractivity (Wildman–Crippen MR) is 46.4 cm³/mol. The first kappa shape index (κ1) is 8.13. The van der Waals surface area contributed by atoms with Gasteiger partial charge in [0, 0.05) is 5.88 Å². The van der Waals surface area contributed by atoms with Crippen LogP contribution in [0.2, 0.25) is 0 Å². The molecular formula is C9H15Cl. The summed E-state index contributed by atoms with van der Waals surface area (Å²) in [6, 6.07) is 0. The number of hydrogen-bond donors (Lipinski definition) is 0. The molecule has 0 saturated heterocycles. The van der Waals surface area contributed by atoms with Crippen molar-refractivity contribution in [1.82, 2.24) is 0 Å². The summed E-state index contributed by atoms with van der Waals surface area (Å²) >= 11 is 5.84. The predicted octanol–water partition coefficient (Wildman–Crippen LogP) is 3.36. The lowest BCUT2D eigenvalue weighted by Crippen LogP contribution is -2.22. The van der Waals surface area contributed by atoms with Gasteiger partial charge in [0.25, 0.3) is 0 Å². The van der Waals surface area contributed by atoms with Gasteiger partial charge in [-0.2, -0.15) is 0 Å². The third-order valence-electron chi connectivity index (χ3n) is 2.49. The molecule has 1 heteroatoms. The summed E-state index contributed by atoms with van der Waals surface area (Å²) in [6.45, 7) is 6.24. The molecule has 0 heterocycles. The molecule has 1 aliphatic rings. The minimum atomic E-state index is 0.406. The molecule has 0 unspecified atom stereocenters. The van der Waals surface area contributed by atoms with Crippen molar-refractivity contribution in [1.29, 1.82) is 0 Å². The Morgan fingerprint density at radius 3 is 2.40 bits per heavy atom. The van der Waals surface area contributed by atoms with Gasteiger partial charge in [-0.1, -0.05) is 19.1 Å². The second-order valence-electron chi connectivity index (χ2n) is 3.69. The van der Waals surface area contributed by atoms with Gasteiger partial charge < -0.3 is 0 Å². The van der Waals surface area contributed by atoms with E-state index in [1.807, 2.05) is 0 Å². The van der Waals surface area contributed by atoms with Gasteiger partial charge in [0.15, 0.2) is 0 Å². The second kappa shape index (κ2) is 2.96. The molecule has 0 nitrogen and oxygen atoms in total. The summed E-state index contributed by atoms with van der Waals surface area (Å²) in [4.78, 5) is 0. The molecular weight excluding hydrogens is 144 g/mol. The highest BCUT2D eigenvalue weighted by Gasteiger charge is 2.26. The number of rotatable bonds is 1. The van der Waals surface area contributed by atoms with Gasteiger partial charge in [0.1, 0.15) is 0 Å². The van der Waals surface area contributed by atoms with Crippen LogP contribution in [0.25, 0.3) is 0 Å². The highest BCUT2D eigenvalue weighted by atomic mass is 35.5. The van der Waals surface area contributed by atoms with Gasteiger partial charge >= 0.3 is 0 Å². The van der Waals surface area contributed by atoms with Crippen LogP contribution in [0.3, 0.4) is 0 Å². The highest BCUT2D eigenvalue weighted by molar-refractivity contribution is 6.18. The summed E-state index contributed by atoms with van der Waals surface area (Å²) in [5.74, 6) is 0.806. The minimum Gasteiger partial charge on any atom is -0.126 e. The molecule has 0 aromatic heterocycles. The molecule has 1 rings (SSSR count). The summed E-state index contributed by atoms with van der Waals surface area (Å²) in [6.07, 6.45) is 4.83. The van der Waals surface area contributed by atoms with Crippen molar-refractivity contribution in [2.45, 2.75) is 32.6 Å². The van der Waals surface area contributed by atoms with Crippen LogP contribution < -0.4 is 0 Å². The summed E-state index contributed by atoms with van der Waals surface area (Å²) in [7, 11) is 0. The van der Waals surface area contributed by atoms with E-state index in [0.29, 0.717) is 5.41 Å². The van der Waals surface area contributed by atoms with E-state index < -0.39 is 0 Å². The Morgan fingerprint density at radius 2 is 2.00 bits per heavy atom. The first-order valence-electron chi connectivity index (χ1n) is 3.89. The van der Waals surface area contributed by atoms with Crippen LogP contribution in [0, 0.1) is 5.41 Å². The largest absolute Gasteiger partial charge is 0.126 e. The summed E-state index contributed by atoms with van der Waals surface area (Å²) in [5, 5.41) is 0. The molecule has 1 aliphatic carbocycles. The smallest absolute Gasteiger partial charge is 0.0277 e. The van der Waals surface area contributed by atoms with Crippen LogP contribution in [0.4, 0.5) is 0 Å². The van der Waals surface area contributed by atoms with E-state index in [2.05, 4.69) is 13.5 Å². The summed E-state index contributed by atoms with van der Waals surface area (Å²) in [5.41, 5.74) is 1.81. The van der Waals surface area contributed by atoms with Crippen LogP contribution in [0.15, 0.2) is 12.2 Å². The fourth-order valence-electron chi connectivity index (χ4n) is 1.34. The molecule has 0 aliphatic heterocycles. The molecule has 0 radical (unpaired) electrons. The zero-order valence-electron chi connectivity index (χ0n) is 6.62. The zero-order valence-corrected chi connectivity index (χ0v) is 7.38. The first-order valence-corrected chi connectivity index (χ1v) is 4.42. The van der Waals surface area contributed by atoms with E-state index in [1.54, 1.807) is 0 Å². The van der Waals surface area contributed by atoms with Gasteiger partial charge in [-0.15, -0.1) is 11.6 Å². The first-order chi connectivity index (χ1) is 4.66. The minimum absolute atomic E-state index is 0.406. The van der Waals surface area contributed by atoms with Crippen molar-refractivity contribution < 1.29 is 0 Å². The highest BCUT2D eigenvalue weighted by Crippen LogP contribution is 2.38. The lowest BCUT2D eigenvalue weighted by molar-refractivity contribution is 0.284. The van der Waals surface area contributed by atoms with Crippen molar-refractivity contribution in [3.8, 4) is 0 Å². The second-order valence-corrected chi connectivity index (χ2v) is 3.96. The third kappa shape index (κ3) is 1.76. The molecule has 0 bridgehead atoms. The van der Waals surface area contributed by atoms with Gasteiger partial charge in [-0.25, -0.2) is 0 Å². The number of alkyl halides is 1. The van der Waals surface area contributed by atoms with Crippen LogP contribution in [0.1, 0.15) is 32.6 Å². The molecule has 0 aromatic carbocycles. The Balaban J connectivity index is 2.46. The van der Waals surface area contributed by atoms with Crippen molar-refractivity contribution in [2.75, 3.05) is 5.88 Å². The van der Waals surface area contributed by atoms with Crippen LogP contribution in [-0.2, 0) is 0 Å². The Morgan fingerprint density at radius 1 is 1.50 bits per heavy atom. The quantitative estimate of drug-likeness (QED) is 0.406. The normalized spacial score (nSPS) is 24.8. The van der Waals surface area contributed by atoms with Gasteiger partial charge in [0.2, 0.25) is 0 Å². The van der Waals surface area contributed by atoms with Crippen LogP contribution >= 0.6 is 11.6 Å². The van der Waals surface area contributed by atoms with Gasteiger partial charge in [-0.3, -0.25) is 0 Å². The fourth-order valence-corrected chi connectivity index (χ4v) is 1.61. The lowest BCUT2D eigenvalue weighted by Gasteiger charge is -2.32. The molecule has 0 N–H and O–H groups in total. The maximum Gasteiger partial charge on any atom is 0.0277 e. The number of allylic oxidation sites excluding steroid dienone is 1. The molecule has 0 aromatic rings. The van der Waals surface area contributed by atoms with E-state index in [9.17, 15) is 0 Å². The Kier molecular flexibility index (Phi) is 2.40. The van der Waals surface area contributed by atoms with E-state index in [-0.39, 0.29) is 0 Å². The zero-order chi connectivity index (χ0) is 7.61. The van der Waals surface area contributed by atoms with Crippen LogP contribution in [-0.4, -0.2) is 5.88 Å². The Bertz CT molecular complexity index is 128. The monoisotopic (exact) mass is 158 g/mol. The maximum absolute atomic E-state index is 5.84. The van der Waals surface area contributed by atoms with Crippen molar-refractivity contribution in [3.63, 3.8) is 0 Å². The average Bonchev–Trinajstić information content (AvgIpc) is 1.96. The molecule has 0 atom stereocenters. The fraction of sp³-hybridized carbons (Fsp3) is 0.778. The van der Waals surface area contributed by atoms with Crippen molar-refractivity contribution >= 4 is 11.6 Å². The molecule has 0 spiro atoms. The van der Waals surface area contributed by atoms with Gasteiger partial charge in [-0.05, 0) is 31.1 Å². The molecule has 0 amide bonds. The number of hydrogen-bond acceptors (Lipinski definition) is 0. The third-order valence-corrected chi connectivity index (χ3v) is 3.13. The molecule has 58 valence electrons. The van der Waals surface area contributed by atoms with E-state index in [1.165, 1.54) is 31.3 Å². The Hall–Kier alpha value is 0.0300. The van der Waals surface area contributed by atoms with E-state index >= 15 is 0 Å². The standard InChI is InChI=1S/C9H15Cl/c1-8-3-5-9(2,7-10)6-4-8/h1,3-7H2,2H3. The van der Waals surface area contributed by atoms with Crippen LogP contribution in [0.5, 0.6) is 0 Å². The van der Waals surface area contributed by atoms with Crippen molar-refractivity contribution in [3.05, 3.63) is 12.2 Å². The van der Waals surface area contributed by atoms with Crippen molar-refractivity contribution in [2.24, 2.45) is 5.41 Å². The number of halogens is 1. The summed E-state index contributed by atoms with van der Waals surface area (Å²) < 4.78 is 0. The lowest BCUT2D eigenvalue weighted by atomic mass is 9.76. The van der Waals surface area contributed by atoms with E-state index in [0.717, 1.165) is 5.88 Å². The van der Waals surface area contributed by atoms with E-state index in [4.69, 9.17) is 11.6 Å². The SMILES string of the molecule is C=C1CCC(C)(CCl)CC1. The average molecular weight is 159 g/mol. The maximum atomic E-state index is 5.84. The van der Waals surface area contributed by atoms with Gasteiger partial charge in [0.05, 0.1) is 0 Å². The molecule has 10 heavy (non-hydrogen) atoms.